The van der Waals surface area contributed by atoms with E-state index in [-0.39, 0.29) is 12.5 Å². The molecule has 2 rings (SSSR count). The molecule has 0 aliphatic rings. The number of ether oxygens (including phenoxy) is 1. The molecule has 0 bridgehead atoms. The molecule has 26 heavy (non-hydrogen) atoms. The third-order valence-corrected chi connectivity index (χ3v) is 3.92. The van der Waals surface area contributed by atoms with Crippen LogP contribution in [0.1, 0.15) is 37.2 Å². The highest BCUT2D eigenvalue weighted by Crippen LogP contribution is 2.14. The quantitative estimate of drug-likeness (QED) is 0.714. The maximum atomic E-state index is 12.0. The first-order valence-corrected chi connectivity index (χ1v) is 8.23. The van der Waals surface area contributed by atoms with Gasteiger partial charge in [-0.05, 0) is 27.2 Å². The van der Waals surface area contributed by atoms with Crippen molar-refractivity contribution >= 4 is 23.7 Å². The predicted octanol–water partition coefficient (Wildman–Crippen LogP) is 0.451. The molecule has 2 heterocycles. The first-order chi connectivity index (χ1) is 12.3. The van der Waals surface area contributed by atoms with Crippen molar-refractivity contribution in [3.63, 3.8) is 0 Å². The number of aromatic nitrogens is 4. The topological polar surface area (TPSA) is 128 Å². The Morgan fingerprint density at radius 1 is 1.31 bits per heavy atom. The highest BCUT2D eigenvalue weighted by Gasteiger charge is 2.17. The molecular formula is C16H22N6O4. The van der Waals surface area contributed by atoms with E-state index >= 15 is 0 Å². The second-order valence-corrected chi connectivity index (χ2v) is 5.90. The summed E-state index contributed by atoms with van der Waals surface area (Å²) >= 11 is 0. The Morgan fingerprint density at radius 2 is 2.04 bits per heavy atom. The second-order valence-electron chi connectivity index (χ2n) is 5.90. The Morgan fingerprint density at radius 3 is 2.73 bits per heavy atom. The van der Waals surface area contributed by atoms with E-state index in [4.69, 9.17) is 4.74 Å². The Hall–Kier alpha value is -3.04. The number of amides is 3. The van der Waals surface area contributed by atoms with Gasteiger partial charge in [0.1, 0.15) is 6.33 Å². The fourth-order valence-electron chi connectivity index (χ4n) is 2.28. The average Bonchev–Trinajstić information content (AvgIpc) is 3.04. The Balaban J connectivity index is 1.89. The van der Waals surface area contributed by atoms with Crippen LogP contribution in [0.25, 0.3) is 5.78 Å². The van der Waals surface area contributed by atoms with Crippen molar-refractivity contribution in [2.45, 2.75) is 46.6 Å². The summed E-state index contributed by atoms with van der Waals surface area (Å²) < 4.78 is 6.47. The zero-order valence-electron chi connectivity index (χ0n) is 15.2. The molecule has 0 saturated carbocycles. The van der Waals surface area contributed by atoms with Gasteiger partial charge in [-0.25, -0.2) is 14.3 Å². The van der Waals surface area contributed by atoms with Gasteiger partial charge in [0.2, 0.25) is 0 Å². The number of imide groups is 1. The van der Waals surface area contributed by atoms with Crippen molar-refractivity contribution < 1.29 is 19.1 Å². The van der Waals surface area contributed by atoms with Crippen LogP contribution >= 0.6 is 0 Å². The van der Waals surface area contributed by atoms with Crippen LogP contribution in [0.4, 0.5) is 4.79 Å². The summed E-state index contributed by atoms with van der Waals surface area (Å²) in [4.78, 5) is 43.5. The summed E-state index contributed by atoms with van der Waals surface area (Å²) in [7, 11) is 0. The van der Waals surface area contributed by atoms with Gasteiger partial charge in [-0.1, -0.05) is 6.92 Å². The van der Waals surface area contributed by atoms with Gasteiger partial charge in [0.25, 0.3) is 11.7 Å². The van der Waals surface area contributed by atoms with Crippen LogP contribution in [0.5, 0.6) is 0 Å². The van der Waals surface area contributed by atoms with Gasteiger partial charge in [0.15, 0.2) is 6.61 Å². The van der Waals surface area contributed by atoms with E-state index in [9.17, 15) is 14.4 Å². The minimum absolute atomic E-state index is 0.0597. The van der Waals surface area contributed by atoms with E-state index in [1.54, 1.807) is 13.8 Å². The van der Waals surface area contributed by atoms with Gasteiger partial charge in [0, 0.05) is 23.0 Å². The van der Waals surface area contributed by atoms with Crippen LogP contribution in [-0.4, -0.2) is 50.1 Å². The second kappa shape index (κ2) is 8.37. The SMILES string of the molecule is CC[C@@H](C)NC(=O)NC(=O)COC(=O)Cc1c(C)nc2ncnn2c1C. The Kier molecular flexibility index (Phi) is 6.21. The normalized spacial score (nSPS) is 11.8. The van der Waals surface area contributed by atoms with Gasteiger partial charge in [-0.3, -0.25) is 14.9 Å². The van der Waals surface area contributed by atoms with Crippen LogP contribution in [-0.2, 0) is 20.7 Å². The van der Waals surface area contributed by atoms with Crippen molar-refractivity contribution in [1.82, 2.24) is 30.2 Å². The monoisotopic (exact) mass is 362 g/mol. The summed E-state index contributed by atoms with van der Waals surface area (Å²) in [6.07, 6.45) is 2.05. The Labute approximate surface area is 150 Å². The number of rotatable bonds is 6. The number of nitrogens with one attached hydrogen (secondary N) is 2. The number of hydrogen-bond acceptors (Lipinski definition) is 7. The minimum Gasteiger partial charge on any atom is -0.455 e. The maximum absolute atomic E-state index is 12.0. The smallest absolute Gasteiger partial charge is 0.321 e. The molecule has 140 valence electrons. The zero-order chi connectivity index (χ0) is 19.3. The number of carbonyl (C=O) groups excluding carboxylic acids is 3. The number of fused-ring (bicyclic) bond motifs is 1. The molecule has 0 fully saturated rings. The third kappa shape index (κ3) is 4.74. The number of hydrogen-bond donors (Lipinski definition) is 2. The molecule has 0 aromatic carbocycles. The molecule has 2 N–H and O–H groups in total. The lowest BCUT2D eigenvalue weighted by Gasteiger charge is -2.12. The van der Waals surface area contributed by atoms with Crippen molar-refractivity contribution in [1.29, 1.82) is 0 Å². The summed E-state index contributed by atoms with van der Waals surface area (Å²) in [5.41, 5.74) is 2.01. The van der Waals surface area contributed by atoms with E-state index in [0.717, 1.165) is 12.1 Å². The fourth-order valence-corrected chi connectivity index (χ4v) is 2.28. The predicted molar refractivity (Wildman–Crippen MR) is 91.3 cm³/mol. The van der Waals surface area contributed by atoms with E-state index in [1.807, 2.05) is 13.8 Å². The summed E-state index contributed by atoms with van der Waals surface area (Å²) in [5.74, 6) is -0.851. The summed E-state index contributed by atoms with van der Waals surface area (Å²) in [6.45, 7) is 6.74. The lowest BCUT2D eigenvalue weighted by molar-refractivity contribution is -0.147. The van der Waals surface area contributed by atoms with Gasteiger partial charge >= 0.3 is 12.0 Å². The van der Waals surface area contributed by atoms with E-state index in [0.29, 0.717) is 17.0 Å². The first-order valence-electron chi connectivity index (χ1n) is 8.23. The molecular weight excluding hydrogens is 340 g/mol. The molecule has 10 heteroatoms. The average molecular weight is 362 g/mol. The van der Waals surface area contributed by atoms with Gasteiger partial charge in [-0.15, -0.1) is 0 Å². The summed E-state index contributed by atoms with van der Waals surface area (Å²) in [5, 5.41) is 8.74. The molecule has 0 aliphatic heterocycles. The first kappa shape index (κ1) is 19.3. The molecule has 3 amide bonds. The number of carbonyl (C=O) groups is 3. The van der Waals surface area contributed by atoms with Crippen LogP contribution < -0.4 is 10.6 Å². The molecule has 0 aliphatic carbocycles. The Bertz CT molecular complexity index is 831. The maximum Gasteiger partial charge on any atom is 0.321 e. The van der Waals surface area contributed by atoms with Crippen molar-refractivity contribution in [3.05, 3.63) is 23.3 Å². The van der Waals surface area contributed by atoms with Crippen LogP contribution in [0, 0.1) is 13.8 Å². The molecule has 0 saturated heterocycles. The van der Waals surface area contributed by atoms with Crippen LogP contribution in [0.15, 0.2) is 6.33 Å². The van der Waals surface area contributed by atoms with Crippen LogP contribution in [0.3, 0.4) is 0 Å². The van der Waals surface area contributed by atoms with E-state index < -0.39 is 24.5 Å². The molecule has 0 radical (unpaired) electrons. The van der Waals surface area contributed by atoms with Crippen molar-refractivity contribution in [2.24, 2.45) is 0 Å². The number of aryl methyl sites for hydroxylation is 2. The number of esters is 1. The molecule has 1 atom stereocenters. The standard InChI is InChI=1S/C16H22N6O4/c1-5-9(2)19-16(25)21-13(23)7-26-14(24)6-12-10(3)20-15-17-8-18-22(15)11(12)4/h8-9H,5-7H2,1-4H3,(H2,19,21,23,25)/t9-/m1/s1. The van der Waals surface area contributed by atoms with E-state index in [2.05, 4.69) is 25.7 Å². The minimum atomic E-state index is -0.697. The summed E-state index contributed by atoms with van der Waals surface area (Å²) in [6, 6.07) is -0.677. The van der Waals surface area contributed by atoms with Crippen LogP contribution in [0.2, 0.25) is 0 Å². The highest BCUT2D eigenvalue weighted by molar-refractivity contribution is 5.95. The third-order valence-electron chi connectivity index (χ3n) is 3.92. The fraction of sp³-hybridized carbons (Fsp3) is 0.500. The van der Waals surface area contributed by atoms with Crippen molar-refractivity contribution in [2.75, 3.05) is 6.61 Å². The van der Waals surface area contributed by atoms with Gasteiger partial charge < -0.3 is 10.1 Å². The van der Waals surface area contributed by atoms with Gasteiger partial charge in [0.05, 0.1) is 6.42 Å². The molecule has 0 unspecified atom stereocenters. The number of nitrogens with zero attached hydrogens (tertiary/aromatic N) is 4. The lowest BCUT2D eigenvalue weighted by atomic mass is 10.1. The molecule has 0 spiro atoms. The molecule has 10 nitrogen and oxygen atoms in total. The lowest BCUT2D eigenvalue weighted by Crippen LogP contribution is -2.44. The molecule has 2 aromatic heterocycles. The van der Waals surface area contributed by atoms with Gasteiger partial charge in [-0.2, -0.15) is 10.1 Å². The highest BCUT2D eigenvalue weighted by atomic mass is 16.5. The zero-order valence-corrected chi connectivity index (χ0v) is 15.2. The number of urea groups is 1. The van der Waals surface area contributed by atoms with E-state index in [1.165, 1.54) is 10.8 Å². The molecule has 2 aromatic rings. The van der Waals surface area contributed by atoms with Crippen molar-refractivity contribution in [3.8, 4) is 0 Å². The largest absolute Gasteiger partial charge is 0.455 e.